The molecule has 1 aliphatic rings. The number of nitrogens with zero attached hydrogens (tertiary/aromatic N) is 1. The number of benzene rings is 2. The summed E-state index contributed by atoms with van der Waals surface area (Å²) in [6, 6.07) is 10.8. The lowest BCUT2D eigenvalue weighted by molar-refractivity contribution is -0.139. The van der Waals surface area contributed by atoms with Crippen LogP contribution >= 0.6 is 0 Å². The zero-order chi connectivity index (χ0) is 21.3. The topological polar surface area (TPSA) is 107 Å². The van der Waals surface area contributed by atoms with Crippen LogP contribution in [-0.2, 0) is 16.0 Å². The van der Waals surface area contributed by atoms with Crippen molar-refractivity contribution in [2.75, 3.05) is 34.0 Å². The van der Waals surface area contributed by atoms with Gasteiger partial charge in [-0.2, -0.15) is 5.10 Å². The average molecular weight is 413 g/mol. The van der Waals surface area contributed by atoms with Crippen LogP contribution < -0.4 is 29.7 Å². The summed E-state index contributed by atoms with van der Waals surface area (Å²) < 4.78 is 21.4. The van der Waals surface area contributed by atoms with E-state index in [1.54, 1.807) is 38.5 Å². The number of hydrogen-bond acceptors (Lipinski definition) is 7. The van der Waals surface area contributed by atoms with E-state index in [0.717, 1.165) is 5.56 Å². The third-order valence-electron chi connectivity index (χ3n) is 4.30. The molecule has 0 atom stereocenters. The zero-order valence-electron chi connectivity index (χ0n) is 16.8. The smallest absolute Gasteiger partial charge is 0.329 e. The molecule has 0 saturated heterocycles. The Kier molecular flexibility index (Phi) is 7.09. The van der Waals surface area contributed by atoms with E-state index in [0.29, 0.717) is 48.2 Å². The maximum absolute atomic E-state index is 11.9. The summed E-state index contributed by atoms with van der Waals surface area (Å²) in [5, 5.41) is 6.36. The van der Waals surface area contributed by atoms with Crippen molar-refractivity contribution in [3.8, 4) is 23.0 Å². The molecule has 0 aromatic heterocycles. The molecule has 2 aromatic rings. The van der Waals surface area contributed by atoms with Crippen LogP contribution in [0.15, 0.2) is 41.5 Å². The number of fused-ring (bicyclic) bond motifs is 1. The van der Waals surface area contributed by atoms with Crippen LogP contribution in [0.2, 0.25) is 0 Å². The molecule has 0 spiro atoms. The van der Waals surface area contributed by atoms with Gasteiger partial charge >= 0.3 is 11.8 Å². The van der Waals surface area contributed by atoms with Gasteiger partial charge in [0.05, 0.1) is 20.4 Å². The second kappa shape index (κ2) is 10.1. The Morgan fingerprint density at radius 1 is 1.00 bits per heavy atom. The predicted octanol–water partition coefficient (Wildman–Crippen LogP) is 1.28. The number of carbonyl (C=O) groups is 2. The molecule has 2 aromatic carbocycles. The molecule has 2 amide bonds. The molecule has 1 aliphatic heterocycles. The van der Waals surface area contributed by atoms with E-state index in [9.17, 15) is 9.59 Å². The van der Waals surface area contributed by atoms with E-state index in [4.69, 9.17) is 18.9 Å². The average Bonchev–Trinajstić information content (AvgIpc) is 2.78. The summed E-state index contributed by atoms with van der Waals surface area (Å²) in [7, 11) is 3.12. The van der Waals surface area contributed by atoms with Crippen LogP contribution in [0.3, 0.4) is 0 Å². The van der Waals surface area contributed by atoms with Crippen molar-refractivity contribution in [1.29, 1.82) is 0 Å². The van der Waals surface area contributed by atoms with E-state index in [1.165, 1.54) is 6.21 Å². The SMILES string of the molecule is COc1ccc(CCNC(=O)C(=O)NN=Cc2ccc3c(c2)OCCO3)cc1OC. The number of methoxy groups -OCH3 is 2. The third-order valence-corrected chi connectivity index (χ3v) is 4.30. The molecule has 3 rings (SSSR count). The quantitative estimate of drug-likeness (QED) is 0.402. The van der Waals surface area contributed by atoms with E-state index in [2.05, 4.69) is 15.8 Å². The Morgan fingerprint density at radius 3 is 2.53 bits per heavy atom. The van der Waals surface area contributed by atoms with Gasteiger partial charge in [0.2, 0.25) is 0 Å². The molecule has 0 saturated carbocycles. The fraction of sp³-hybridized carbons (Fsp3) is 0.286. The first-order valence-corrected chi connectivity index (χ1v) is 9.32. The maximum Gasteiger partial charge on any atom is 0.329 e. The first-order chi connectivity index (χ1) is 14.6. The van der Waals surface area contributed by atoms with Crippen molar-refractivity contribution < 1.29 is 28.5 Å². The van der Waals surface area contributed by atoms with Gasteiger partial charge in [-0.25, -0.2) is 5.43 Å². The minimum absolute atomic E-state index is 0.285. The van der Waals surface area contributed by atoms with Crippen LogP contribution in [-0.4, -0.2) is 52.0 Å². The number of ether oxygens (including phenoxy) is 4. The van der Waals surface area contributed by atoms with Crippen molar-refractivity contribution in [2.24, 2.45) is 5.10 Å². The zero-order valence-corrected chi connectivity index (χ0v) is 16.8. The van der Waals surface area contributed by atoms with Gasteiger partial charge in [-0.05, 0) is 47.9 Å². The van der Waals surface area contributed by atoms with Crippen molar-refractivity contribution >= 4 is 18.0 Å². The minimum atomic E-state index is -0.851. The molecule has 9 heteroatoms. The van der Waals surface area contributed by atoms with Gasteiger partial charge in [0.25, 0.3) is 0 Å². The van der Waals surface area contributed by atoms with Crippen molar-refractivity contribution in [3.05, 3.63) is 47.5 Å². The van der Waals surface area contributed by atoms with Crippen LogP contribution in [0.1, 0.15) is 11.1 Å². The molecule has 0 aliphatic carbocycles. The largest absolute Gasteiger partial charge is 0.493 e. The van der Waals surface area contributed by atoms with Gasteiger partial charge in [0.1, 0.15) is 13.2 Å². The van der Waals surface area contributed by atoms with Gasteiger partial charge in [0, 0.05) is 6.54 Å². The second-order valence-electron chi connectivity index (χ2n) is 6.30. The molecule has 0 bridgehead atoms. The first-order valence-electron chi connectivity index (χ1n) is 9.32. The fourth-order valence-corrected chi connectivity index (χ4v) is 2.79. The molecule has 9 nitrogen and oxygen atoms in total. The number of amides is 2. The van der Waals surface area contributed by atoms with E-state index in [1.807, 2.05) is 12.1 Å². The Labute approximate surface area is 174 Å². The molecule has 0 unspecified atom stereocenters. The maximum atomic E-state index is 11.9. The highest BCUT2D eigenvalue weighted by Crippen LogP contribution is 2.30. The monoisotopic (exact) mass is 413 g/mol. The Morgan fingerprint density at radius 2 is 1.77 bits per heavy atom. The summed E-state index contributed by atoms with van der Waals surface area (Å²) in [6.45, 7) is 1.28. The Balaban J connectivity index is 1.45. The number of hydrazone groups is 1. The normalized spacial score (nSPS) is 12.3. The van der Waals surface area contributed by atoms with Crippen molar-refractivity contribution in [3.63, 3.8) is 0 Å². The third kappa shape index (κ3) is 5.40. The highest BCUT2D eigenvalue weighted by Gasteiger charge is 2.13. The lowest BCUT2D eigenvalue weighted by Gasteiger charge is -2.18. The van der Waals surface area contributed by atoms with Gasteiger partial charge in [-0.3, -0.25) is 9.59 Å². The predicted molar refractivity (Wildman–Crippen MR) is 109 cm³/mol. The lowest BCUT2D eigenvalue weighted by Crippen LogP contribution is -2.38. The van der Waals surface area contributed by atoms with E-state index >= 15 is 0 Å². The highest BCUT2D eigenvalue weighted by atomic mass is 16.6. The van der Waals surface area contributed by atoms with Crippen LogP contribution in [0.25, 0.3) is 0 Å². The van der Waals surface area contributed by atoms with Crippen molar-refractivity contribution in [2.45, 2.75) is 6.42 Å². The summed E-state index contributed by atoms with van der Waals surface area (Å²) in [4.78, 5) is 23.8. The van der Waals surface area contributed by atoms with Gasteiger partial charge in [-0.15, -0.1) is 0 Å². The highest BCUT2D eigenvalue weighted by molar-refractivity contribution is 6.35. The minimum Gasteiger partial charge on any atom is -0.493 e. The van der Waals surface area contributed by atoms with Gasteiger partial charge in [0.15, 0.2) is 23.0 Å². The summed E-state index contributed by atoms with van der Waals surface area (Å²) in [5.41, 5.74) is 3.84. The molecular weight excluding hydrogens is 390 g/mol. The molecule has 158 valence electrons. The van der Waals surface area contributed by atoms with E-state index < -0.39 is 11.8 Å². The number of rotatable bonds is 7. The number of hydrogen-bond donors (Lipinski definition) is 2. The second-order valence-corrected chi connectivity index (χ2v) is 6.30. The first kappa shape index (κ1) is 21.0. The van der Waals surface area contributed by atoms with Crippen LogP contribution in [0.5, 0.6) is 23.0 Å². The number of carbonyl (C=O) groups excluding carboxylic acids is 2. The Bertz CT molecular complexity index is 944. The molecule has 2 N–H and O–H groups in total. The fourth-order valence-electron chi connectivity index (χ4n) is 2.79. The molecule has 30 heavy (non-hydrogen) atoms. The van der Waals surface area contributed by atoms with Gasteiger partial charge in [-0.1, -0.05) is 6.07 Å². The molecular formula is C21H23N3O6. The standard InChI is InChI=1S/C21H23N3O6/c1-27-16-5-3-14(11-18(16)28-2)7-8-22-20(25)21(26)24-23-13-15-4-6-17-19(12-15)30-10-9-29-17/h3-6,11-13H,7-10H2,1-2H3,(H,22,25)(H,24,26). The Hall–Kier alpha value is -3.75. The van der Waals surface area contributed by atoms with Crippen LogP contribution in [0.4, 0.5) is 0 Å². The molecule has 1 heterocycles. The van der Waals surface area contributed by atoms with Crippen LogP contribution in [0, 0.1) is 0 Å². The molecule has 0 fully saturated rings. The molecule has 0 radical (unpaired) electrons. The van der Waals surface area contributed by atoms with Crippen molar-refractivity contribution in [1.82, 2.24) is 10.7 Å². The summed E-state index contributed by atoms with van der Waals surface area (Å²) in [5.74, 6) is 0.889. The van der Waals surface area contributed by atoms with E-state index in [-0.39, 0.29) is 6.54 Å². The van der Waals surface area contributed by atoms with Gasteiger partial charge < -0.3 is 24.3 Å². The lowest BCUT2D eigenvalue weighted by atomic mass is 10.1. The summed E-state index contributed by atoms with van der Waals surface area (Å²) >= 11 is 0. The summed E-state index contributed by atoms with van der Waals surface area (Å²) in [6.07, 6.45) is 1.95. The number of nitrogens with one attached hydrogen (secondary N) is 2.